The molecule has 0 bridgehead atoms. The summed E-state index contributed by atoms with van der Waals surface area (Å²) in [5.41, 5.74) is 11.5. The summed E-state index contributed by atoms with van der Waals surface area (Å²) in [6.45, 7) is 0. The maximum absolute atomic E-state index is 6.64. The van der Waals surface area contributed by atoms with Gasteiger partial charge in [-0.05, 0) is 72.8 Å². The average molecular weight is 684 g/mol. The fourth-order valence-corrected chi connectivity index (χ4v) is 7.64. The molecule has 4 aromatic heterocycles. The SMILES string of the molecule is c1ccc(N(c2ccc3c(c2)oc2ccccc23)c2ccc3c(c2)oc2cc(N(c4ccccc4)c4ccc5c(c4)oc4ccccc45)cnc23)cc1. The number of anilines is 6. The number of para-hydroxylation sites is 4. The predicted octanol–water partition coefficient (Wildman–Crippen LogP) is 13.7. The molecule has 0 aliphatic carbocycles. The zero-order valence-electron chi connectivity index (χ0n) is 28.3. The average Bonchev–Trinajstić information content (AvgIpc) is 3.89. The van der Waals surface area contributed by atoms with Gasteiger partial charge in [-0.2, -0.15) is 0 Å². The van der Waals surface area contributed by atoms with Gasteiger partial charge in [0.15, 0.2) is 5.58 Å². The molecular weight excluding hydrogens is 655 g/mol. The predicted molar refractivity (Wildman–Crippen MR) is 215 cm³/mol. The lowest BCUT2D eigenvalue weighted by Gasteiger charge is -2.25. The van der Waals surface area contributed by atoms with Crippen molar-refractivity contribution in [3.8, 4) is 0 Å². The number of furan rings is 3. The van der Waals surface area contributed by atoms with E-state index in [2.05, 4.69) is 119 Å². The number of hydrogen-bond acceptors (Lipinski definition) is 6. The highest BCUT2D eigenvalue weighted by Gasteiger charge is 2.20. The highest BCUT2D eigenvalue weighted by Crippen LogP contribution is 2.43. The third-order valence-electron chi connectivity index (χ3n) is 10.1. The molecule has 6 nitrogen and oxygen atoms in total. The van der Waals surface area contributed by atoms with E-state index in [9.17, 15) is 0 Å². The molecule has 4 heterocycles. The number of nitrogens with zero attached hydrogens (tertiary/aromatic N) is 3. The van der Waals surface area contributed by atoms with Gasteiger partial charge >= 0.3 is 0 Å². The van der Waals surface area contributed by atoms with Gasteiger partial charge < -0.3 is 23.1 Å². The first kappa shape index (κ1) is 29.4. The molecule has 0 N–H and O–H groups in total. The van der Waals surface area contributed by atoms with E-state index in [1.165, 1.54) is 0 Å². The minimum absolute atomic E-state index is 0.704. The van der Waals surface area contributed by atoms with Crippen molar-refractivity contribution < 1.29 is 13.3 Å². The molecule has 0 spiro atoms. The second kappa shape index (κ2) is 11.6. The van der Waals surface area contributed by atoms with Crippen molar-refractivity contribution in [3.05, 3.63) is 176 Å². The van der Waals surface area contributed by atoms with Crippen LogP contribution in [0.5, 0.6) is 0 Å². The van der Waals surface area contributed by atoms with Crippen LogP contribution in [0.15, 0.2) is 189 Å². The molecule has 0 unspecified atom stereocenters. The smallest absolute Gasteiger partial charge is 0.155 e. The van der Waals surface area contributed by atoms with E-state index in [0.29, 0.717) is 5.58 Å². The van der Waals surface area contributed by atoms with E-state index in [4.69, 9.17) is 18.2 Å². The molecule has 0 aliphatic heterocycles. The summed E-state index contributed by atoms with van der Waals surface area (Å²) < 4.78 is 19.2. The van der Waals surface area contributed by atoms with Crippen molar-refractivity contribution in [2.24, 2.45) is 0 Å². The van der Waals surface area contributed by atoms with Gasteiger partial charge in [0.1, 0.15) is 33.4 Å². The number of aromatic nitrogens is 1. The number of fused-ring (bicyclic) bond motifs is 9. The lowest BCUT2D eigenvalue weighted by atomic mass is 10.1. The third-order valence-corrected chi connectivity index (χ3v) is 10.1. The molecule has 0 saturated heterocycles. The van der Waals surface area contributed by atoms with E-state index in [-0.39, 0.29) is 0 Å². The summed E-state index contributed by atoms with van der Waals surface area (Å²) in [6, 6.07) is 58.1. The first-order valence-electron chi connectivity index (χ1n) is 17.6. The quantitative estimate of drug-likeness (QED) is 0.174. The standard InChI is InChI=1S/C47H29N3O3/c1-3-11-30(12-4-1)49(32-19-22-38-36-15-7-9-17-41(36)51-43(38)25-32)33-21-24-40-45(27-33)53-46-28-35(29-48-47(40)46)50(31-13-5-2-6-14-31)34-20-23-39-37-16-8-10-18-42(37)52-44(39)26-34/h1-29H. The van der Waals surface area contributed by atoms with E-state index in [0.717, 1.165) is 94.5 Å². The van der Waals surface area contributed by atoms with Gasteiger partial charge in [0.2, 0.25) is 0 Å². The Balaban J connectivity index is 1.03. The normalized spacial score (nSPS) is 11.8. The highest BCUT2D eigenvalue weighted by atomic mass is 16.3. The number of benzene rings is 7. The number of rotatable bonds is 6. The van der Waals surface area contributed by atoms with Crippen molar-refractivity contribution in [2.75, 3.05) is 9.80 Å². The monoisotopic (exact) mass is 683 g/mol. The van der Waals surface area contributed by atoms with Crippen LogP contribution in [-0.2, 0) is 0 Å². The topological polar surface area (TPSA) is 58.8 Å². The van der Waals surface area contributed by atoms with Gasteiger partial charge in [0, 0.05) is 79.6 Å². The minimum Gasteiger partial charge on any atom is -0.456 e. The fraction of sp³-hybridized carbons (Fsp3) is 0. The molecule has 6 heteroatoms. The van der Waals surface area contributed by atoms with Crippen LogP contribution in [-0.4, -0.2) is 4.98 Å². The Labute approximate surface area is 303 Å². The Bertz CT molecular complexity index is 2930. The molecule has 11 rings (SSSR count). The second-order valence-corrected chi connectivity index (χ2v) is 13.2. The summed E-state index contributed by atoms with van der Waals surface area (Å²) in [7, 11) is 0. The lowest BCUT2D eigenvalue weighted by molar-refractivity contribution is 0.668. The maximum atomic E-state index is 6.64. The van der Waals surface area contributed by atoms with Crippen molar-refractivity contribution in [1.29, 1.82) is 0 Å². The number of pyridine rings is 1. The minimum atomic E-state index is 0.704. The Morgan fingerprint density at radius 3 is 1.25 bits per heavy atom. The van der Waals surface area contributed by atoms with Gasteiger partial charge in [0.25, 0.3) is 0 Å². The third kappa shape index (κ3) is 4.77. The van der Waals surface area contributed by atoms with E-state index < -0.39 is 0 Å². The summed E-state index contributed by atoms with van der Waals surface area (Å²) in [5.74, 6) is 0. The summed E-state index contributed by atoms with van der Waals surface area (Å²) in [6.07, 6.45) is 1.92. The van der Waals surface area contributed by atoms with Crippen LogP contribution in [0.1, 0.15) is 0 Å². The van der Waals surface area contributed by atoms with Gasteiger partial charge in [-0.1, -0.05) is 72.8 Å². The van der Waals surface area contributed by atoms with Crippen LogP contribution in [0.4, 0.5) is 34.1 Å². The van der Waals surface area contributed by atoms with Gasteiger partial charge in [-0.3, -0.25) is 0 Å². The molecular formula is C47H29N3O3. The molecule has 0 saturated carbocycles. The molecule has 0 aliphatic rings. The largest absolute Gasteiger partial charge is 0.456 e. The zero-order valence-corrected chi connectivity index (χ0v) is 28.3. The van der Waals surface area contributed by atoms with E-state index in [1.54, 1.807) is 0 Å². The maximum Gasteiger partial charge on any atom is 0.155 e. The van der Waals surface area contributed by atoms with Gasteiger partial charge in [-0.25, -0.2) is 4.98 Å². The molecule has 0 radical (unpaired) electrons. The zero-order chi connectivity index (χ0) is 34.9. The van der Waals surface area contributed by atoms with Crippen molar-refractivity contribution in [1.82, 2.24) is 4.98 Å². The Hall–Kier alpha value is -7.31. The van der Waals surface area contributed by atoms with E-state index >= 15 is 0 Å². The van der Waals surface area contributed by atoms with Crippen LogP contribution in [0.2, 0.25) is 0 Å². The van der Waals surface area contributed by atoms with Crippen LogP contribution in [0.3, 0.4) is 0 Å². The molecule has 0 atom stereocenters. The lowest BCUT2D eigenvalue weighted by Crippen LogP contribution is -2.10. The van der Waals surface area contributed by atoms with Crippen molar-refractivity contribution >= 4 is 100 Å². The number of hydrogen-bond donors (Lipinski definition) is 0. The summed E-state index contributed by atoms with van der Waals surface area (Å²) in [4.78, 5) is 9.41. The highest BCUT2D eigenvalue weighted by molar-refractivity contribution is 6.08. The molecule has 11 aromatic rings. The van der Waals surface area contributed by atoms with Gasteiger partial charge in [-0.15, -0.1) is 0 Å². The van der Waals surface area contributed by atoms with Crippen molar-refractivity contribution in [2.45, 2.75) is 0 Å². The molecule has 7 aromatic carbocycles. The van der Waals surface area contributed by atoms with Crippen molar-refractivity contribution in [3.63, 3.8) is 0 Å². The first-order valence-corrected chi connectivity index (χ1v) is 17.6. The fourth-order valence-electron chi connectivity index (χ4n) is 7.64. The van der Waals surface area contributed by atoms with E-state index in [1.807, 2.05) is 66.9 Å². The van der Waals surface area contributed by atoms with Crippen LogP contribution >= 0.6 is 0 Å². The summed E-state index contributed by atoms with van der Waals surface area (Å²) in [5, 5.41) is 5.34. The van der Waals surface area contributed by atoms with Crippen LogP contribution < -0.4 is 9.80 Å². The molecule has 53 heavy (non-hydrogen) atoms. The summed E-state index contributed by atoms with van der Waals surface area (Å²) >= 11 is 0. The first-order chi connectivity index (χ1) is 26.2. The Morgan fingerprint density at radius 1 is 0.302 bits per heavy atom. The van der Waals surface area contributed by atoms with Crippen LogP contribution in [0, 0.1) is 0 Å². The molecule has 0 fully saturated rings. The Morgan fingerprint density at radius 2 is 0.698 bits per heavy atom. The molecule has 250 valence electrons. The second-order valence-electron chi connectivity index (χ2n) is 13.2. The van der Waals surface area contributed by atoms with Crippen LogP contribution in [0.25, 0.3) is 65.9 Å². The Kier molecular flexibility index (Phi) is 6.45. The van der Waals surface area contributed by atoms with Gasteiger partial charge in [0.05, 0.1) is 11.9 Å². The molecule has 0 amide bonds.